The number of hydrogen-bond donors (Lipinski definition) is 3. The minimum Gasteiger partial charge on any atom is -0.312 e. The van der Waals surface area contributed by atoms with Crippen LogP contribution in [0.1, 0.15) is 59.2 Å². The molecule has 0 aromatic carbocycles. The topological polar surface area (TPSA) is 132 Å². The first-order valence-electron chi connectivity index (χ1n) is 10.1. The highest BCUT2D eigenvalue weighted by molar-refractivity contribution is 7.16. The molecule has 8 nitrogen and oxygen atoms in total. The summed E-state index contributed by atoms with van der Waals surface area (Å²) in [5, 5.41) is 13.1. The summed E-state index contributed by atoms with van der Waals surface area (Å²) in [6.45, 7) is 8.35. The first-order valence-corrected chi connectivity index (χ1v) is 10.9. The molecular weight excluding hydrogens is 414 g/mol. The number of nitriles is 1. The zero-order valence-electron chi connectivity index (χ0n) is 17.8. The highest BCUT2D eigenvalue weighted by atomic mass is 32.1. The Morgan fingerprint density at radius 3 is 2.74 bits per heavy atom. The van der Waals surface area contributed by atoms with Gasteiger partial charge in [-0.25, -0.2) is 9.78 Å². The number of aromatic nitrogens is 3. The molecule has 0 fully saturated rings. The Kier molecular flexibility index (Phi) is 5.06. The van der Waals surface area contributed by atoms with Crippen molar-refractivity contribution in [1.82, 2.24) is 15.0 Å². The van der Waals surface area contributed by atoms with Crippen LogP contribution in [0.25, 0.3) is 11.0 Å². The second-order valence-corrected chi connectivity index (χ2v) is 10.1. The Labute approximate surface area is 182 Å². The molecule has 1 atom stereocenters. The van der Waals surface area contributed by atoms with E-state index in [1.807, 2.05) is 0 Å². The molecule has 3 heterocycles. The van der Waals surface area contributed by atoms with Crippen molar-refractivity contribution in [3.63, 3.8) is 0 Å². The number of anilines is 1. The van der Waals surface area contributed by atoms with Gasteiger partial charge >= 0.3 is 5.69 Å². The van der Waals surface area contributed by atoms with E-state index < -0.39 is 17.2 Å². The summed E-state index contributed by atoms with van der Waals surface area (Å²) in [4.78, 5) is 47.0. The Bertz CT molecular complexity index is 1370. The average molecular weight is 438 g/mol. The second kappa shape index (κ2) is 7.46. The van der Waals surface area contributed by atoms with Gasteiger partial charge in [0.15, 0.2) is 0 Å². The summed E-state index contributed by atoms with van der Waals surface area (Å²) >= 11 is 1.43. The van der Waals surface area contributed by atoms with Crippen LogP contribution in [-0.4, -0.2) is 20.9 Å². The van der Waals surface area contributed by atoms with Crippen LogP contribution in [0.2, 0.25) is 0 Å². The molecule has 4 rings (SSSR count). The van der Waals surface area contributed by atoms with Crippen molar-refractivity contribution in [3.8, 4) is 6.07 Å². The predicted octanol–water partition coefficient (Wildman–Crippen LogP) is 3.26. The third-order valence-corrected chi connectivity index (χ3v) is 7.08. The predicted molar refractivity (Wildman–Crippen MR) is 120 cm³/mol. The zero-order chi connectivity index (χ0) is 22.5. The summed E-state index contributed by atoms with van der Waals surface area (Å²) < 4.78 is 0. The number of H-pyrrole nitrogens is 2. The van der Waals surface area contributed by atoms with Crippen molar-refractivity contribution in [2.24, 2.45) is 11.3 Å². The summed E-state index contributed by atoms with van der Waals surface area (Å²) in [6.07, 6.45) is 2.70. The van der Waals surface area contributed by atoms with Crippen molar-refractivity contribution >= 4 is 33.3 Å². The molecule has 1 unspecified atom stereocenters. The lowest BCUT2D eigenvalue weighted by molar-refractivity contribution is 0.102. The molecule has 0 bridgehead atoms. The molecule has 0 radical (unpaired) electrons. The minimum atomic E-state index is -0.687. The van der Waals surface area contributed by atoms with Crippen LogP contribution in [-0.2, 0) is 12.8 Å². The fourth-order valence-electron chi connectivity index (χ4n) is 4.18. The van der Waals surface area contributed by atoms with E-state index in [1.54, 1.807) is 6.92 Å². The molecule has 3 aromatic heterocycles. The van der Waals surface area contributed by atoms with Crippen LogP contribution in [0, 0.1) is 29.6 Å². The molecule has 0 saturated heterocycles. The number of hydrogen-bond acceptors (Lipinski definition) is 6. The zero-order valence-corrected chi connectivity index (χ0v) is 18.6. The quantitative estimate of drug-likeness (QED) is 0.566. The standard InChI is InChI=1S/C22H23N5O3S/c1-10-7-13(16-17(24-10)25-21(30)27-19(16)29)18(28)26-20-14(9-23)12-6-5-11(22(2,3)4)8-15(12)31-20/h7,11H,5-6,8H2,1-4H3,(H,26,28)(H2,24,25,27,29,30). The number of aryl methyl sites for hydroxylation is 1. The van der Waals surface area contributed by atoms with Crippen LogP contribution in [0.15, 0.2) is 15.7 Å². The molecule has 0 spiro atoms. The van der Waals surface area contributed by atoms with Crippen LogP contribution >= 0.6 is 11.3 Å². The van der Waals surface area contributed by atoms with E-state index in [0.717, 1.165) is 29.7 Å². The molecule has 0 aliphatic heterocycles. The van der Waals surface area contributed by atoms with E-state index in [4.69, 9.17) is 0 Å². The van der Waals surface area contributed by atoms with E-state index in [0.29, 0.717) is 22.2 Å². The lowest BCUT2D eigenvalue weighted by Gasteiger charge is -2.33. The molecule has 3 aromatic rings. The Morgan fingerprint density at radius 1 is 1.32 bits per heavy atom. The number of amides is 1. The number of pyridine rings is 1. The smallest absolute Gasteiger partial charge is 0.312 e. The average Bonchev–Trinajstić information content (AvgIpc) is 3.02. The summed E-state index contributed by atoms with van der Waals surface area (Å²) in [6, 6.07) is 3.75. The number of thiophene rings is 1. The van der Waals surface area contributed by atoms with Crippen LogP contribution < -0.4 is 16.6 Å². The third kappa shape index (κ3) is 3.79. The molecule has 0 saturated carbocycles. The van der Waals surface area contributed by atoms with Gasteiger partial charge < -0.3 is 5.32 Å². The van der Waals surface area contributed by atoms with Crippen molar-refractivity contribution in [2.45, 2.75) is 47.0 Å². The lowest BCUT2D eigenvalue weighted by atomic mass is 9.72. The Morgan fingerprint density at radius 2 is 2.06 bits per heavy atom. The molecule has 160 valence electrons. The van der Waals surface area contributed by atoms with Gasteiger partial charge in [0.05, 0.1) is 16.5 Å². The highest BCUT2D eigenvalue weighted by Crippen LogP contribution is 2.44. The number of fused-ring (bicyclic) bond motifs is 2. The van der Waals surface area contributed by atoms with Crippen LogP contribution in [0.4, 0.5) is 5.00 Å². The normalized spacial score (nSPS) is 16.0. The minimum absolute atomic E-state index is 0.00956. The lowest BCUT2D eigenvalue weighted by Crippen LogP contribution is -2.26. The molecule has 1 aliphatic carbocycles. The summed E-state index contributed by atoms with van der Waals surface area (Å²) in [5.41, 5.74) is 0.949. The van der Waals surface area contributed by atoms with Gasteiger partial charge in [-0.1, -0.05) is 20.8 Å². The number of carbonyl (C=O) groups excluding carboxylic acids is 1. The SMILES string of the molecule is Cc1cc(C(=O)Nc2sc3c(c2C#N)CCC(C(C)(C)C)C3)c2c(=O)[nH]c(=O)[nH]c2n1. The number of aromatic amines is 2. The number of carbonyl (C=O) groups is 1. The van der Waals surface area contributed by atoms with Gasteiger partial charge in [-0.15, -0.1) is 11.3 Å². The van der Waals surface area contributed by atoms with Gasteiger partial charge in [-0.05, 0) is 49.1 Å². The van der Waals surface area contributed by atoms with Gasteiger partial charge in [-0.3, -0.25) is 19.6 Å². The first-order chi connectivity index (χ1) is 14.6. The number of nitrogens with one attached hydrogen (secondary N) is 3. The molecule has 1 aliphatic rings. The molecular formula is C22H23N5O3S. The van der Waals surface area contributed by atoms with Gasteiger partial charge in [0, 0.05) is 10.6 Å². The fourth-order valence-corrected chi connectivity index (χ4v) is 5.45. The highest BCUT2D eigenvalue weighted by Gasteiger charge is 2.32. The molecule has 1 amide bonds. The van der Waals surface area contributed by atoms with Gasteiger partial charge in [0.25, 0.3) is 11.5 Å². The van der Waals surface area contributed by atoms with Gasteiger partial charge in [0.1, 0.15) is 16.7 Å². The van der Waals surface area contributed by atoms with Crippen LogP contribution in [0.5, 0.6) is 0 Å². The fraction of sp³-hybridized carbons (Fsp3) is 0.409. The first kappa shape index (κ1) is 21.0. The van der Waals surface area contributed by atoms with E-state index in [-0.39, 0.29) is 22.0 Å². The maximum absolute atomic E-state index is 13.1. The molecule has 9 heteroatoms. The Hall–Kier alpha value is -3.25. The van der Waals surface area contributed by atoms with Crippen molar-refractivity contribution in [3.05, 3.63) is 54.2 Å². The largest absolute Gasteiger partial charge is 0.327 e. The summed E-state index contributed by atoms with van der Waals surface area (Å²) in [5.74, 6) is -0.00793. The van der Waals surface area contributed by atoms with Crippen molar-refractivity contribution in [2.75, 3.05) is 5.32 Å². The third-order valence-electron chi connectivity index (χ3n) is 5.91. The number of nitrogens with zero attached hydrogens (tertiary/aromatic N) is 2. The Balaban J connectivity index is 1.74. The maximum atomic E-state index is 13.1. The van der Waals surface area contributed by atoms with Gasteiger partial charge in [-0.2, -0.15) is 5.26 Å². The second-order valence-electron chi connectivity index (χ2n) is 9.02. The van der Waals surface area contributed by atoms with Crippen molar-refractivity contribution < 1.29 is 4.79 Å². The van der Waals surface area contributed by atoms with E-state index in [9.17, 15) is 19.6 Å². The van der Waals surface area contributed by atoms with E-state index >= 15 is 0 Å². The van der Waals surface area contributed by atoms with E-state index in [1.165, 1.54) is 17.4 Å². The maximum Gasteiger partial charge on any atom is 0.327 e. The number of rotatable bonds is 2. The van der Waals surface area contributed by atoms with Crippen molar-refractivity contribution in [1.29, 1.82) is 5.26 Å². The van der Waals surface area contributed by atoms with Crippen LogP contribution in [0.3, 0.4) is 0 Å². The summed E-state index contributed by atoms with van der Waals surface area (Å²) in [7, 11) is 0. The molecule has 31 heavy (non-hydrogen) atoms. The monoisotopic (exact) mass is 437 g/mol. The molecule has 3 N–H and O–H groups in total. The van der Waals surface area contributed by atoms with Gasteiger partial charge in [0.2, 0.25) is 0 Å². The van der Waals surface area contributed by atoms with E-state index in [2.05, 4.69) is 47.1 Å².